The molecule has 9 aromatic rings. The summed E-state index contributed by atoms with van der Waals surface area (Å²) in [6, 6.07) is 48.3. The zero-order valence-electron chi connectivity index (χ0n) is 39.3. The summed E-state index contributed by atoms with van der Waals surface area (Å²) >= 11 is 0. The third-order valence-corrected chi connectivity index (χ3v) is 14.2. The van der Waals surface area contributed by atoms with E-state index in [1.54, 1.807) is 0 Å². The second-order valence-electron chi connectivity index (χ2n) is 18.8. The van der Waals surface area contributed by atoms with Crippen LogP contribution in [-0.4, -0.2) is 0 Å². The minimum atomic E-state index is 1.07. The molecule has 0 saturated heterocycles. The van der Waals surface area contributed by atoms with Gasteiger partial charge in [0.15, 0.2) is 0 Å². The molecule has 0 heterocycles. The summed E-state index contributed by atoms with van der Waals surface area (Å²) in [5.41, 5.74) is 22.2. The van der Waals surface area contributed by atoms with Gasteiger partial charge in [-0.15, -0.1) is 0 Å². The van der Waals surface area contributed by atoms with Crippen LogP contribution in [0, 0.1) is 27.7 Å². The van der Waals surface area contributed by atoms with E-state index >= 15 is 0 Å². The Hall–Kier alpha value is -5.72. The van der Waals surface area contributed by atoms with E-state index in [2.05, 4.69) is 177 Å². The van der Waals surface area contributed by atoms with Crippen LogP contribution >= 0.6 is 0 Å². The van der Waals surface area contributed by atoms with Gasteiger partial charge in [0.25, 0.3) is 0 Å². The van der Waals surface area contributed by atoms with Crippen molar-refractivity contribution in [2.45, 2.75) is 126 Å². The molecule has 0 spiro atoms. The predicted molar refractivity (Wildman–Crippen MR) is 278 cm³/mol. The number of rotatable bonds is 15. The third-order valence-electron chi connectivity index (χ3n) is 14.2. The monoisotopic (exact) mass is 823 g/mol. The lowest BCUT2D eigenvalue weighted by Crippen LogP contribution is -1.98. The molecule has 0 amide bonds. The van der Waals surface area contributed by atoms with Crippen molar-refractivity contribution in [2.75, 3.05) is 0 Å². The molecule has 0 nitrogen and oxygen atoms in total. The van der Waals surface area contributed by atoms with Gasteiger partial charge in [-0.2, -0.15) is 0 Å². The van der Waals surface area contributed by atoms with E-state index in [4.69, 9.17) is 0 Å². The van der Waals surface area contributed by atoms with E-state index in [9.17, 15) is 0 Å². The molecule has 63 heavy (non-hydrogen) atoms. The van der Waals surface area contributed by atoms with Gasteiger partial charge in [-0.05, 0) is 253 Å². The Labute approximate surface area is 377 Å². The fourth-order valence-corrected chi connectivity index (χ4v) is 11.2. The molecular weight excluding hydrogens is 757 g/mol. The zero-order valence-corrected chi connectivity index (χ0v) is 39.3. The van der Waals surface area contributed by atoms with Crippen LogP contribution in [0.1, 0.15) is 117 Å². The molecule has 0 saturated carbocycles. The normalized spacial score (nSPS) is 11.9. The van der Waals surface area contributed by atoms with E-state index in [-0.39, 0.29) is 0 Å². The van der Waals surface area contributed by atoms with Crippen LogP contribution < -0.4 is 0 Å². The number of aryl methyl sites for hydroxylation is 8. The maximum atomic E-state index is 2.58. The van der Waals surface area contributed by atoms with E-state index < -0.39 is 0 Å². The van der Waals surface area contributed by atoms with Gasteiger partial charge in [0.05, 0.1) is 0 Å². The van der Waals surface area contributed by atoms with Crippen LogP contribution in [0.3, 0.4) is 0 Å². The van der Waals surface area contributed by atoms with Crippen LogP contribution in [0.4, 0.5) is 0 Å². The number of hydrogen-bond acceptors (Lipinski definition) is 0. The van der Waals surface area contributed by atoms with Gasteiger partial charge < -0.3 is 0 Å². The highest BCUT2D eigenvalue weighted by Crippen LogP contribution is 2.49. The minimum absolute atomic E-state index is 1.07. The van der Waals surface area contributed by atoms with Gasteiger partial charge in [0, 0.05) is 0 Å². The van der Waals surface area contributed by atoms with E-state index in [1.165, 1.54) is 171 Å². The Morgan fingerprint density at radius 2 is 0.571 bits per heavy atom. The SMILES string of the molecule is CCCCc1cccc(C)c1-c1cc2cc(-c3c(C)cccc3CCC)cc3c4cc(-c5c(C)cccc5CCCC)cc5cc(-c6c(C)cccc6CCCC)cc(c(c1)c23)c54. The first-order valence-electron chi connectivity index (χ1n) is 24.3. The van der Waals surface area contributed by atoms with Gasteiger partial charge in [0.2, 0.25) is 0 Å². The van der Waals surface area contributed by atoms with Gasteiger partial charge in [0.1, 0.15) is 0 Å². The van der Waals surface area contributed by atoms with Gasteiger partial charge in [-0.1, -0.05) is 126 Å². The standard InChI is InChI=1S/C63H66/c1-9-13-25-45-29-17-22-41(6)59(45)51-33-48-32-50(58-40(5)21-16-28-44(58)20-12-4)36-54-55-37-52(60-42(7)23-18-30-46(60)26-14-10-2)34-49-35-53(39-57(63(49)55)56(38-51)62(48)54)61-43(8)24-19-31-47(61)27-15-11-3/h16-19,21-24,28-39H,9-15,20,25-27H2,1-8H3. The summed E-state index contributed by atoms with van der Waals surface area (Å²) in [4.78, 5) is 0. The van der Waals surface area contributed by atoms with E-state index in [1.807, 2.05) is 0 Å². The lowest BCUT2D eigenvalue weighted by atomic mass is 9.81. The Kier molecular flexibility index (Phi) is 12.3. The summed E-state index contributed by atoms with van der Waals surface area (Å²) < 4.78 is 0. The van der Waals surface area contributed by atoms with Crippen LogP contribution in [-0.2, 0) is 25.7 Å². The molecule has 0 radical (unpaired) electrons. The van der Waals surface area contributed by atoms with Gasteiger partial charge >= 0.3 is 0 Å². The van der Waals surface area contributed by atoms with Gasteiger partial charge in [-0.25, -0.2) is 0 Å². The maximum absolute atomic E-state index is 2.58. The first-order valence-corrected chi connectivity index (χ1v) is 24.3. The molecule has 0 fully saturated rings. The average Bonchev–Trinajstić information content (AvgIpc) is 3.28. The van der Waals surface area contributed by atoms with Crippen molar-refractivity contribution in [3.8, 4) is 44.5 Å². The molecule has 0 aliphatic carbocycles. The van der Waals surface area contributed by atoms with Crippen molar-refractivity contribution in [3.63, 3.8) is 0 Å². The maximum Gasteiger partial charge on any atom is -0.00255 e. The Morgan fingerprint density at radius 1 is 0.302 bits per heavy atom. The van der Waals surface area contributed by atoms with Crippen LogP contribution in [0.15, 0.2) is 121 Å². The molecule has 0 aromatic heterocycles. The number of hydrogen-bond donors (Lipinski definition) is 0. The molecule has 9 aromatic carbocycles. The van der Waals surface area contributed by atoms with Crippen molar-refractivity contribution in [1.29, 1.82) is 0 Å². The third kappa shape index (κ3) is 7.86. The lowest BCUT2D eigenvalue weighted by Gasteiger charge is -2.23. The topological polar surface area (TPSA) is 0 Å². The Morgan fingerprint density at radius 3 is 0.825 bits per heavy atom. The predicted octanol–water partition coefficient (Wildman–Crippen LogP) is 18.6. The molecule has 0 aliphatic rings. The Bertz CT molecular complexity index is 3110. The smallest absolute Gasteiger partial charge is 0.00255 e. The van der Waals surface area contributed by atoms with Crippen molar-refractivity contribution in [3.05, 3.63) is 166 Å². The summed E-state index contributed by atoms with van der Waals surface area (Å²) in [7, 11) is 0. The number of unbranched alkanes of at least 4 members (excludes halogenated alkanes) is 3. The number of fused-ring (bicyclic) bond motifs is 2. The summed E-state index contributed by atoms with van der Waals surface area (Å²) in [6.07, 6.45) is 12.6. The first-order chi connectivity index (χ1) is 30.7. The van der Waals surface area contributed by atoms with Crippen molar-refractivity contribution >= 4 is 43.1 Å². The quantitative estimate of drug-likeness (QED) is 0.0714. The molecule has 0 unspecified atom stereocenters. The van der Waals surface area contributed by atoms with Crippen molar-refractivity contribution in [2.24, 2.45) is 0 Å². The summed E-state index contributed by atoms with van der Waals surface area (Å²) in [5.74, 6) is 0. The molecule has 0 bridgehead atoms. The fourth-order valence-electron chi connectivity index (χ4n) is 11.2. The van der Waals surface area contributed by atoms with Crippen molar-refractivity contribution in [1.82, 2.24) is 0 Å². The number of benzene rings is 9. The molecular formula is C63H66. The first kappa shape index (κ1) is 42.6. The molecule has 9 rings (SSSR count). The average molecular weight is 823 g/mol. The van der Waals surface area contributed by atoms with Crippen LogP contribution in [0.5, 0.6) is 0 Å². The zero-order chi connectivity index (χ0) is 43.8. The fraction of sp³-hybridized carbons (Fsp3) is 0.302. The summed E-state index contributed by atoms with van der Waals surface area (Å²) in [6.45, 7) is 18.5. The van der Waals surface area contributed by atoms with Crippen LogP contribution in [0.25, 0.3) is 87.6 Å². The second kappa shape index (κ2) is 18.2. The van der Waals surface area contributed by atoms with E-state index in [0.717, 1.165) is 32.1 Å². The molecule has 0 atom stereocenters. The van der Waals surface area contributed by atoms with E-state index in [0.29, 0.717) is 0 Å². The highest BCUT2D eigenvalue weighted by molar-refractivity contribution is 6.35. The molecule has 0 heteroatoms. The molecule has 318 valence electrons. The highest BCUT2D eigenvalue weighted by Gasteiger charge is 2.22. The lowest BCUT2D eigenvalue weighted by molar-refractivity contribution is 0.795. The summed E-state index contributed by atoms with van der Waals surface area (Å²) in [5, 5.41) is 10.9. The second-order valence-corrected chi connectivity index (χ2v) is 18.8. The minimum Gasteiger partial charge on any atom is -0.0654 e. The van der Waals surface area contributed by atoms with Crippen LogP contribution in [0.2, 0.25) is 0 Å². The van der Waals surface area contributed by atoms with Crippen molar-refractivity contribution < 1.29 is 0 Å². The molecule has 0 aliphatic heterocycles. The molecule has 0 N–H and O–H groups in total. The van der Waals surface area contributed by atoms with Gasteiger partial charge in [-0.3, -0.25) is 0 Å². The Balaban J connectivity index is 1.48. The largest absolute Gasteiger partial charge is 0.0654 e. The highest BCUT2D eigenvalue weighted by atomic mass is 14.3.